The fraction of sp³-hybridized carbons (Fsp3) is 0.409. The lowest BCUT2D eigenvalue weighted by Gasteiger charge is -2.34. The summed E-state index contributed by atoms with van der Waals surface area (Å²) >= 11 is 0. The third-order valence-electron chi connectivity index (χ3n) is 5.06. The Morgan fingerprint density at radius 2 is 2.00 bits per heavy atom. The summed E-state index contributed by atoms with van der Waals surface area (Å²) < 4.78 is 18.6. The molecular weight excluding hydrogens is 371 g/mol. The van der Waals surface area contributed by atoms with Crippen LogP contribution in [0.4, 0.5) is 10.1 Å². The molecular formula is C22H29FN4O2. The van der Waals surface area contributed by atoms with Crippen molar-refractivity contribution >= 4 is 11.6 Å². The summed E-state index contributed by atoms with van der Waals surface area (Å²) in [4.78, 5) is 6.83. The standard InChI is InChI=1S/C22H29FN4O2/c1-3-24-22(25-15-16-6-4-9-20(29-2)21(16)28)26-18-10-12-27(13-11-18)19-8-5-7-17(23)14-19/h4-9,14,18,28H,3,10-13,15H2,1-2H3,(H2,24,25,26). The third kappa shape index (κ3) is 5.53. The molecule has 0 aromatic heterocycles. The highest BCUT2D eigenvalue weighted by atomic mass is 19.1. The summed E-state index contributed by atoms with van der Waals surface area (Å²) in [6.45, 7) is 4.83. The number of benzene rings is 2. The molecule has 1 fully saturated rings. The quantitative estimate of drug-likeness (QED) is 0.513. The van der Waals surface area contributed by atoms with Crippen LogP contribution < -0.4 is 20.3 Å². The number of rotatable bonds is 6. The van der Waals surface area contributed by atoms with Crippen molar-refractivity contribution in [2.45, 2.75) is 32.4 Å². The zero-order valence-corrected chi connectivity index (χ0v) is 17.0. The monoisotopic (exact) mass is 400 g/mol. The van der Waals surface area contributed by atoms with Gasteiger partial charge in [-0.05, 0) is 44.0 Å². The Hall–Kier alpha value is -2.96. The molecule has 1 aliphatic rings. The average Bonchev–Trinajstić information content (AvgIpc) is 2.73. The number of phenols is 1. The van der Waals surface area contributed by atoms with Crippen molar-refractivity contribution in [1.29, 1.82) is 0 Å². The van der Waals surface area contributed by atoms with E-state index in [1.54, 1.807) is 18.2 Å². The lowest BCUT2D eigenvalue weighted by Crippen LogP contribution is -2.48. The minimum absolute atomic E-state index is 0.123. The van der Waals surface area contributed by atoms with Crippen molar-refractivity contribution in [2.75, 3.05) is 31.6 Å². The Balaban J connectivity index is 1.59. The Morgan fingerprint density at radius 3 is 2.69 bits per heavy atom. The van der Waals surface area contributed by atoms with Gasteiger partial charge >= 0.3 is 0 Å². The summed E-state index contributed by atoms with van der Waals surface area (Å²) in [5, 5.41) is 17.0. The normalized spacial score (nSPS) is 15.3. The SMILES string of the molecule is CCNC(=NCc1cccc(OC)c1O)NC1CCN(c2cccc(F)c2)CC1. The number of piperidine rings is 1. The van der Waals surface area contributed by atoms with Crippen molar-refractivity contribution in [3.05, 3.63) is 53.8 Å². The largest absolute Gasteiger partial charge is 0.504 e. The number of methoxy groups -OCH3 is 1. The van der Waals surface area contributed by atoms with Gasteiger partial charge in [0.05, 0.1) is 13.7 Å². The number of para-hydroxylation sites is 1. The van der Waals surface area contributed by atoms with Crippen molar-refractivity contribution in [3.8, 4) is 11.5 Å². The minimum Gasteiger partial charge on any atom is -0.504 e. The van der Waals surface area contributed by atoms with E-state index in [-0.39, 0.29) is 17.6 Å². The molecule has 3 N–H and O–H groups in total. The molecule has 1 aliphatic heterocycles. The van der Waals surface area contributed by atoms with Crippen LogP contribution in [0.15, 0.2) is 47.5 Å². The molecule has 156 valence electrons. The van der Waals surface area contributed by atoms with Gasteiger partial charge in [0.25, 0.3) is 0 Å². The minimum atomic E-state index is -0.204. The van der Waals surface area contributed by atoms with E-state index in [1.165, 1.54) is 13.2 Å². The number of nitrogens with one attached hydrogen (secondary N) is 2. The predicted molar refractivity (Wildman–Crippen MR) is 114 cm³/mol. The molecule has 29 heavy (non-hydrogen) atoms. The smallest absolute Gasteiger partial charge is 0.191 e. The molecule has 0 saturated carbocycles. The Labute approximate surface area is 171 Å². The second-order valence-corrected chi connectivity index (χ2v) is 7.05. The number of ether oxygens (including phenoxy) is 1. The first-order valence-electron chi connectivity index (χ1n) is 10.0. The van der Waals surface area contributed by atoms with E-state index >= 15 is 0 Å². The van der Waals surface area contributed by atoms with E-state index < -0.39 is 0 Å². The van der Waals surface area contributed by atoms with Crippen LogP contribution in [0.1, 0.15) is 25.3 Å². The van der Waals surface area contributed by atoms with Crippen molar-refractivity contribution in [3.63, 3.8) is 0 Å². The number of halogens is 1. The predicted octanol–water partition coefficient (Wildman–Crippen LogP) is 3.26. The van der Waals surface area contributed by atoms with Crippen LogP contribution >= 0.6 is 0 Å². The first-order valence-corrected chi connectivity index (χ1v) is 10.0. The van der Waals surface area contributed by atoms with Crippen LogP contribution in [0.25, 0.3) is 0 Å². The van der Waals surface area contributed by atoms with Gasteiger partial charge in [0.2, 0.25) is 0 Å². The van der Waals surface area contributed by atoms with Gasteiger partial charge in [0, 0.05) is 36.9 Å². The summed E-state index contributed by atoms with van der Waals surface area (Å²) in [7, 11) is 1.53. The summed E-state index contributed by atoms with van der Waals surface area (Å²) in [6, 6.07) is 12.4. The molecule has 0 bridgehead atoms. The van der Waals surface area contributed by atoms with Gasteiger partial charge in [-0.1, -0.05) is 18.2 Å². The van der Waals surface area contributed by atoms with Crippen molar-refractivity contribution in [1.82, 2.24) is 10.6 Å². The van der Waals surface area contributed by atoms with Gasteiger partial charge < -0.3 is 25.4 Å². The number of aliphatic imine (C=N–C) groups is 1. The second-order valence-electron chi connectivity index (χ2n) is 7.05. The van der Waals surface area contributed by atoms with Gasteiger partial charge in [-0.15, -0.1) is 0 Å². The molecule has 0 radical (unpaired) electrons. The first kappa shape index (κ1) is 20.8. The van der Waals surface area contributed by atoms with E-state index in [2.05, 4.69) is 20.5 Å². The molecule has 0 amide bonds. The number of guanidine groups is 1. The van der Waals surface area contributed by atoms with Gasteiger partial charge in [0.15, 0.2) is 17.5 Å². The van der Waals surface area contributed by atoms with Crippen LogP contribution in [0.2, 0.25) is 0 Å². The Morgan fingerprint density at radius 1 is 1.24 bits per heavy atom. The zero-order chi connectivity index (χ0) is 20.6. The molecule has 2 aromatic carbocycles. The molecule has 6 nitrogen and oxygen atoms in total. The van der Waals surface area contributed by atoms with E-state index in [1.807, 2.05) is 25.1 Å². The van der Waals surface area contributed by atoms with Crippen LogP contribution in [-0.4, -0.2) is 43.9 Å². The van der Waals surface area contributed by atoms with Gasteiger partial charge in [-0.3, -0.25) is 0 Å². The lowest BCUT2D eigenvalue weighted by atomic mass is 10.0. The number of phenolic OH excluding ortho intramolecular Hbond substituents is 1. The summed E-state index contributed by atoms with van der Waals surface area (Å²) in [5.74, 6) is 1.09. The number of anilines is 1. The van der Waals surface area contributed by atoms with Gasteiger partial charge in [-0.25, -0.2) is 9.38 Å². The fourth-order valence-corrected chi connectivity index (χ4v) is 3.49. The second kappa shape index (κ2) is 10.0. The van der Waals surface area contributed by atoms with Gasteiger partial charge in [0.1, 0.15) is 5.82 Å². The van der Waals surface area contributed by atoms with Crippen LogP contribution in [0.5, 0.6) is 11.5 Å². The Kier molecular flexibility index (Phi) is 7.16. The fourth-order valence-electron chi connectivity index (χ4n) is 3.49. The van der Waals surface area contributed by atoms with E-state index in [9.17, 15) is 9.50 Å². The Bertz CT molecular complexity index is 835. The van der Waals surface area contributed by atoms with E-state index in [4.69, 9.17) is 4.74 Å². The molecule has 0 atom stereocenters. The summed E-state index contributed by atoms with van der Waals surface area (Å²) in [6.07, 6.45) is 1.87. The third-order valence-corrected chi connectivity index (χ3v) is 5.06. The number of aromatic hydroxyl groups is 1. The van der Waals surface area contributed by atoms with Crippen molar-refractivity contribution < 1.29 is 14.2 Å². The molecule has 0 spiro atoms. The molecule has 1 heterocycles. The highest BCUT2D eigenvalue weighted by Gasteiger charge is 2.20. The number of hydrogen-bond acceptors (Lipinski definition) is 4. The molecule has 1 saturated heterocycles. The van der Waals surface area contributed by atoms with E-state index in [0.717, 1.165) is 44.1 Å². The van der Waals surface area contributed by atoms with Crippen LogP contribution in [0.3, 0.4) is 0 Å². The number of nitrogens with zero attached hydrogens (tertiary/aromatic N) is 2. The van der Waals surface area contributed by atoms with Crippen molar-refractivity contribution in [2.24, 2.45) is 4.99 Å². The molecule has 0 aliphatic carbocycles. The average molecular weight is 400 g/mol. The molecule has 2 aromatic rings. The maximum Gasteiger partial charge on any atom is 0.191 e. The van der Waals surface area contributed by atoms with E-state index in [0.29, 0.717) is 17.9 Å². The molecule has 7 heteroatoms. The summed E-state index contributed by atoms with van der Waals surface area (Å²) in [5.41, 5.74) is 1.64. The first-order chi connectivity index (χ1) is 14.1. The highest BCUT2D eigenvalue weighted by molar-refractivity contribution is 5.80. The maximum atomic E-state index is 13.5. The van der Waals surface area contributed by atoms with Crippen LogP contribution in [-0.2, 0) is 6.54 Å². The number of hydrogen-bond donors (Lipinski definition) is 3. The molecule has 3 rings (SSSR count). The lowest BCUT2D eigenvalue weighted by molar-refractivity contribution is 0.370. The maximum absolute atomic E-state index is 13.5. The van der Waals surface area contributed by atoms with Crippen LogP contribution in [0, 0.1) is 5.82 Å². The zero-order valence-electron chi connectivity index (χ0n) is 17.0. The highest BCUT2D eigenvalue weighted by Crippen LogP contribution is 2.29. The molecule has 0 unspecified atom stereocenters. The topological polar surface area (TPSA) is 69.1 Å². The van der Waals surface area contributed by atoms with Gasteiger partial charge in [-0.2, -0.15) is 0 Å².